The summed E-state index contributed by atoms with van der Waals surface area (Å²) in [4.78, 5) is 15.7. The Morgan fingerprint density at radius 1 is 1.03 bits per heavy atom. The number of ether oxygens (including phenoxy) is 1. The number of pyridine rings is 1. The Morgan fingerprint density at radius 2 is 1.69 bits per heavy atom. The van der Waals surface area contributed by atoms with Crippen LogP contribution in [0.2, 0.25) is 0 Å². The Bertz CT molecular complexity index is 1100. The first-order valence-electron chi connectivity index (χ1n) is 8.66. The maximum absolute atomic E-state index is 13.0. The van der Waals surface area contributed by atoms with Crippen molar-refractivity contribution in [1.82, 2.24) is 4.98 Å². The van der Waals surface area contributed by atoms with Crippen molar-refractivity contribution >= 4 is 33.2 Å². The lowest BCUT2D eigenvalue weighted by molar-refractivity contribution is 0.0526. The molecule has 0 saturated heterocycles. The highest BCUT2D eigenvalue weighted by atomic mass is 32.2. The number of carbonyl (C=O) groups is 1. The molecule has 0 unspecified atom stereocenters. The standard InChI is InChI=1S/C20H18FN3O4S/c1-2-28-20(25)14-5-9-16(10-6-14)23-19-18(4-3-13-22-19)29(26,27)24-17-11-7-15(21)8-12-17/h3-13,24H,2H2,1H3,(H,22,23). The molecule has 29 heavy (non-hydrogen) atoms. The van der Waals surface area contributed by atoms with Crippen molar-refractivity contribution in [3.63, 3.8) is 0 Å². The molecule has 1 aromatic heterocycles. The summed E-state index contributed by atoms with van der Waals surface area (Å²) in [5.74, 6) is -0.808. The number of sulfonamides is 1. The smallest absolute Gasteiger partial charge is 0.338 e. The first-order valence-corrected chi connectivity index (χ1v) is 10.1. The molecule has 0 amide bonds. The molecule has 7 nitrogen and oxygen atoms in total. The number of nitrogens with zero attached hydrogens (tertiary/aromatic N) is 1. The van der Waals surface area contributed by atoms with E-state index < -0.39 is 21.8 Å². The molecule has 2 N–H and O–H groups in total. The molecule has 0 fully saturated rings. The van der Waals surface area contributed by atoms with Crippen molar-refractivity contribution in [2.45, 2.75) is 11.8 Å². The van der Waals surface area contributed by atoms with Crippen molar-refractivity contribution in [3.8, 4) is 0 Å². The summed E-state index contributed by atoms with van der Waals surface area (Å²) in [6.07, 6.45) is 1.45. The van der Waals surface area contributed by atoms with Gasteiger partial charge in [0.1, 0.15) is 10.7 Å². The number of halogens is 1. The highest BCUT2D eigenvalue weighted by molar-refractivity contribution is 7.92. The summed E-state index contributed by atoms with van der Waals surface area (Å²) < 4.78 is 45.9. The van der Waals surface area contributed by atoms with Crippen LogP contribution in [0.3, 0.4) is 0 Å². The van der Waals surface area contributed by atoms with Crippen LogP contribution < -0.4 is 10.0 Å². The van der Waals surface area contributed by atoms with E-state index in [9.17, 15) is 17.6 Å². The quantitative estimate of drug-likeness (QED) is 0.567. The van der Waals surface area contributed by atoms with Gasteiger partial charge in [-0.1, -0.05) is 0 Å². The monoisotopic (exact) mass is 415 g/mol. The third kappa shape index (κ3) is 5.08. The summed E-state index contributed by atoms with van der Waals surface area (Å²) >= 11 is 0. The summed E-state index contributed by atoms with van der Waals surface area (Å²) in [6.45, 7) is 1.99. The van der Waals surface area contributed by atoms with E-state index in [2.05, 4.69) is 15.0 Å². The molecule has 0 atom stereocenters. The predicted octanol–water partition coefficient (Wildman–Crippen LogP) is 3.94. The molecule has 0 aliphatic heterocycles. The van der Waals surface area contributed by atoms with Crippen molar-refractivity contribution < 1.29 is 22.3 Å². The lowest BCUT2D eigenvalue weighted by atomic mass is 10.2. The van der Waals surface area contributed by atoms with Gasteiger partial charge in [0.05, 0.1) is 12.2 Å². The number of rotatable bonds is 7. The van der Waals surface area contributed by atoms with Crippen molar-refractivity contribution in [2.24, 2.45) is 0 Å². The van der Waals surface area contributed by atoms with Gasteiger partial charge >= 0.3 is 5.97 Å². The van der Waals surface area contributed by atoms with Crippen molar-refractivity contribution in [3.05, 3.63) is 78.2 Å². The number of hydrogen-bond acceptors (Lipinski definition) is 6. The maximum Gasteiger partial charge on any atom is 0.338 e. The van der Waals surface area contributed by atoms with Crippen LogP contribution in [0.15, 0.2) is 71.8 Å². The van der Waals surface area contributed by atoms with Gasteiger partial charge in [0.25, 0.3) is 10.0 Å². The van der Waals surface area contributed by atoms with Gasteiger partial charge in [0.15, 0.2) is 5.82 Å². The average molecular weight is 415 g/mol. The normalized spacial score (nSPS) is 11.0. The molecule has 150 valence electrons. The van der Waals surface area contributed by atoms with E-state index in [0.29, 0.717) is 11.3 Å². The average Bonchev–Trinajstić information content (AvgIpc) is 2.71. The highest BCUT2D eigenvalue weighted by Crippen LogP contribution is 2.25. The number of benzene rings is 2. The van der Waals surface area contributed by atoms with Crippen LogP contribution in [0.1, 0.15) is 17.3 Å². The van der Waals surface area contributed by atoms with E-state index in [-0.39, 0.29) is 23.0 Å². The van der Waals surface area contributed by atoms with Crippen molar-refractivity contribution in [1.29, 1.82) is 0 Å². The fraction of sp³-hybridized carbons (Fsp3) is 0.100. The zero-order valence-corrected chi connectivity index (χ0v) is 16.2. The van der Waals surface area contributed by atoms with E-state index in [1.165, 1.54) is 30.5 Å². The highest BCUT2D eigenvalue weighted by Gasteiger charge is 2.20. The minimum absolute atomic E-state index is 0.0844. The predicted molar refractivity (Wildman–Crippen MR) is 107 cm³/mol. The maximum atomic E-state index is 13.0. The third-order valence-electron chi connectivity index (χ3n) is 3.82. The second-order valence-electron chi connectivity index (χ2n) is 5.89. The molecule has 0 bridgehead atoms. The lowest BCUT2D eigenvalue weighted by Crippen LogP contribution is -2.15. The molecule has 0 spiro atoms. The number of esters is 1. The molecule has 2 aromatic carbocycles. The molecular weight excluding hydrogens is 397 g/mol. The molecule has 3 aromatic rings. The summed E-state index contributed by atoms with van der Waals surface area (Å²) in [5.41, 5.74) is 1.14. The molecule has 1 heterocycles. The summed E-state index contributed by atoms with van der Waals surface area (Å²) in [5, 5.41) is 2.93. The second kappa shape index (κ2) is 8.70. The van der Waals surface area contributed by atoms with E-state index >= 15 is 0 Å². The Hall–Kier alpha value is -3.46. The van der Waals surface area contributed by atoms with Gasteiger partial charge in [-0.05, 0) is 67.6 Å². The largest absolute Gasteiger partial charge is 0.462 e. The van der Waals surface area contributed by atoms with Crippen molar-refractivity contribution in [2.75, 3.05) is 16.6 Å². The van der Waals surface area contributed by atoms with Crippen LogP contribution in [0.5, 0.6) is 0 Å². The Morgan fingerprint density at radius 3 is 2.34 bits per heavy atom. The molecule has 3 rings (SSSR count). The fourth-order valence-corrected chi connectivity index (χ4v) is 3.64. The van der Waals surface area contributed by atoms with E-state index in [1.807, 2.05) is 0 Å². The van der Waals surface area contributed by atoms with Gasteiger partial charge in [-0.3, -0.25) is 4.72 Å². The van der Waals surface area contributed by atoms with Gasteiger partial charge in [-0.2, -0.15) is 0 Å². The van der Waals surface area contributed by atoms with Crippen LogP contribution in [0.4, 0.5) is 21.6 Å². The molecule has 9 heteroatoms. The SMILES string of the molecule is CCOC(=O)c1ccc(Nc2ncccc2S(=O)(=O)Nc2ccc(F)cc2)cc1. The third-order valence-corrected chi connectivity index (χ3v) is 5.23. The van der Waals surface area contributed by atoms with E-state index in [4.69, 9.17) is 4.74 Å². The number of carbonyl (C=O) groups excluding carboxylic acids is 1. The van der Waals surface area contributed by atoms with E-state index in [1.54, 1.807) is 31.2 Å². The first-order chi connectivity index (χ1) is 13.9. The van der Waals surface area contributed by atoms with Crippen LogP contribution in [0.25, 0.3) is 0 Å². The van der Waals surface area contributed by atoms with Crippen LogP contribution in [0, 0.1) is 5.82 Å². The van der Waals surface area contributed by atoms with Crippen LogP contribution in [-0.2, 0) is 14.8 Å². The summed E-state index contributed by atoms with van der Waals surface area (Å²) in [6, 6.07) is 14.2. The minimum atomic E-state index is -3.98. The van der Waals surface area contributed by atoms with Gasteiger partial charge in [-0.25, -0.2) is 22.6 Å². The minimum Gasteiger partial charge on any atom is -0.462 e. The molecule has 0 radical (unpaired) electrons. The fourth-order valence-electron chi connectivity index (χ4n) is 2.47. The van der Waals surface area contributed by atoms with E-state index in [0.717, 1.165) is 12.1 Å². The molecular formula is C20H18FN3O4S. The first kappa shape index (κ1) is 20.3. The van der Waals surface area contributed by atoms with Crippen LogP contribution >= 0.6 is 0 Å². The van der Waals surface area contributed by atoms with Crippen LogP contribution in [-0.4, -0.2) is 26.0 Å². The van der Waals surface area contributed by atoms with Gasteiger partial charge in [-0.15, -0.1) is 0 Å². The van der Waals surface area contributed by atoms with Gasteiger partial charge in [0, 0.05) is 17.6 Å². The number of hydrogen-bond donors (Lipinski definition) is 2. The lowest BCUT2D eigenvalue weighted by Gasteiger charge is -2.13. The molecule has 0 saturated carbocycles. The number of aromatic nitrogens is 1. The molecule has 0 aliphatic carbocycles. The van der Waals surface area contributed by atoms with Gasteiger partial charge < -0.3 is 10.1 Å². The Balaban J connectivity index is 1.83. The Labute approximate surface area is 167 Å². The zero-order chi connectivity index (χ0) is 20.9. The molecule has 0 aliphatic rings. The summed E-state index contributed by atoms with van der Waals surface area (Å²) in [7, 11) is -3.98. The number of anilines is 3. The second-order valence-corrected chi connectivity index (χ2v) is 7.54. The van der Waals surface area contributed by atoms with Gasteiger partial charge in [0.2, 0.25) is 0 Å². The zero-order valence-electron chi connectivity index (χ0n) is 15.4. The Kier molecular flexibility index (Phi) is 6.08. The topological polar surface area (TPSA) is 97.4 Å². The number of nitrogens with one attached hydrogen (secondary N) is 2.